The molecule has 43 heavy (non-hydrogen) atoms. The van der Waals surface area contributed by atoms with Gasteiger partial charge in [-0.25, -0.2) is 26.3 Å². The van der Waals surface area contributed by atoms with Crippen molar-refractivity contribution in [2.45, 2.75) is 32.1 Å². The summed E-state index contributed by atoms with van der Waals surface area (Å²) < 4.78 is 158. The van der Waals surface area contributed by atoms with E-state index < -0.39 is 75.2 Å². The van der Waals surface area contributed by atoms with Gasteiger partial charge in [-0.05, 0) is 47.4 Å². The Bertz CT molecular complexity index is 1700. The maximum absolute atomic E-state index is 15.0. The minimum absolute atomic E-state index is 0.0542. The van der Waals surface area contributed by atoms with Crippen LogP contribution in [0.25, 0.3) is 22.3 Å². The molecule has 0 aromatic heterocycles. The zero-order valence-corrected chi connectivity index (χ0v) is 21.8. The van der Waals surface area contributed by atoms with Crippen LogP contribution in [-0.2, 0) is 12.5 Å². The Hall–Kier alpha value is -4.53. The summed E-state index contributed by atoms with van der Waals surface area (Å²) in [6.45, 7) is 1.91. The molecule has 0 atom stereocenters. The van der Waals surface area contributed by atoms with Gasteiger partial charge in [0.25, 0.3) is 0 Å². The highest BCUT2D eigenvalue weighted by Gasteiger charge is 2.41. The third-order valence-electron chi connectivity index (χ3n) is 6.09. The molecule has 0 amide bonds. The second kappa shape index (κ2) is 12.0. The lowest BCUT2D eigenvalue weighted by atomic mass is 9.97. The largest absolute Gasteiger partial charge is 0.458 e. The Balaban J connectivity index is 1.63. The highest BCUT2D eigenvalue weighted by atomic mass is 19.4. The van der Waals surface area contributed by atoms with Crippen molar-refractivity contribution in [2.24, 2.45) is 0 Å². The zero-order valence-electron chi connectivity index (χ0n) is 21.8. The minimum Gasteiger partial charge on any atom is -0.429 e. The standard InChI is InChI=1S/C31H17F11O/c1-2-3-16-4-6-20(23(32)10-16)17-5-7-21(24(33)11-17)18-12-27(36)29(28(37)13-18)31(41,42)43-19-14-25(34)22(26(35)15-19)8-9-30(38,39)40/h4-7,10-15H,2-3H2,1H3. The Labute approximate surface area is 237 Å². The summed E-state index contributed by atoms with van der Waals surface area (Å²) in [5, 5.41) is 0. The van der Waals surface area contributed by atoms with Crippen LogP contribution in [0.1, 0.15) is 30.0 Å². The lowest BCUT2D eigenvalue weighted by Crippen LogP contribution is -2.25. The van der Waals surface area contributed by atoms with Crippen molar-refractivity contribution in [2.75, 3.05) is 0 Å². The predicted molar refractivity (Wildman–Crippen MR) is 135 cm³/mol. The second-order valence-electron chi connectivity index (χ2n) is 9.20. The van der Waals surface area contributed by atoms with Crippen LogP contribution in [0.15, 0.2) is 60.7 Å². The van der Waals surface area contributed by atoms with Crippen LogP contribution in [0.2, 0.25) is 0 Å². The van der Waals surface area contributed by atoms with Gasteiger partial charge in [0.15, 0.2) is 0 Å². The van der Waals surface area contributed by atoms with Crippen molar-refractivity contribution < 1.29 is 53.0 Å². The fourth-order valence-corrected chi connectivity index (χ4v) is 4.22. The van der Waals surface area contributed by atoms with Crippen LogP contribution in [0.4, 0.5) is 48.3 Å². The van der Waals surface area contributed by atoms with Crippen molar-refractivity contribution in [3.63, 3.8) is 0 Å². The summed E-state index contributed by atoms with van der Waals surface area (Å²) >= 11 is 0. The van der Waals surface area contributed by atoms with Crippen LogP contribution in [0.3, 0.4) is 0 Å². The van der Waals surface area contributed by atoms with Crippen LogP contribution < -0.4 is 4.74 Å². The number of halogens is 11. The Morgan fingerprint density at radius 3 is 1.70 bits per heavy atom. The molecule has 0 aliphatic carbocycles. The molecule has 0 unspecified atom stereocenters. The third kappa shape index (κ3) is 7.10. The monoisotopic (exact) mass is 614 g/mol. The summed E-state index contributed by atoms with van der Waals surface area (Å²) in [7, 11) is 0. The van der Waals surface area contributed by atoms with Gasteiger partial charge >= 0.3 is 12.3 Å². The molecule has 0 heterocycles. The molecule has 1 nitrogen and oxygen atoms in total. The van der Waals surface area contributed by atoms with Gasteiger partial charge in [-0.2, -0.15) is 22.0 Å². The van der Waals surface area contributed by atoms with Gasteiger partial charge in [-0.15, -0.1) is 0 Å². The number of hydrogen-bond donors (Lipinski definition) is 0. The number of alkyl halides is 5. The maximum atomic E-state index is 15.0. The van der Waals surface area contributed by atoms with E-state index in [2.05, 4.69) is 4.74 Å². The zero-order chi connectivity index (χ0) is 31.7. The van der Waals surface area contributed by atoms with E-state index in [1.807, 2.05) is 6.92 Å². The summed E-state index contributed by atoms with van der Waals surface area (Å²) in [6.07, 6.45) is -8.59. The molecule has 0 saturated carbocycles. The SMILES string of the molecule is CCCc1ccc(-c2ccc(-c3cc(F)c(C(F)(F)Oc4cc(F)c(C#CC(F)(F)F)c(F)c4)c(F)c3)c(F)c2)c(F)c1. The van der Waals surface area contributed by atoms with E-state index in [-0.39, 0.29) is 23.3 Å². The first-order valence-electron chi connectivity index (χ1n) is 12.3. The molecule has 12 heteroatoms. The lowest BCUT2D eigenvalue weighted by molar-refractivity contribution is -0.189. The second-order valence-corrected chi connectivity index (χ2v) is 9.20. The first-order chi connectivity index (χ1) is 20.1. The summed E-state index contributed by atoms with van der Waals surface area (Å²) in [5.74, 6) is -8.68. The first kappa shape index (κ1) is 31.4. The minimum atomic E-state index is -5.11. The van der Waals surface area contributed by atoms with E-state index in [9.17, 15) is 48.3 Å². The summed E-state index contributed by atoms with van der Waals surface area (Å²) in [5.41, 5.74) is -3.43. The van der Waals surface area contributed by atoms with E-state index >= 15 is 0 Å². The molecule has 0 aliphatic heterocycles. The normalized spacial score (nSPS) is 11.7. The number of benzene rings is 4. The predicted octanol–water partition coefficient (Wildman–Crippen LogP) is 9.85. The Morgan fingerprint density at radius 2 is 1.16 bits per heavy atom. The average molecular weight is 614 g/mol. The molecule has 0 aliphatic rings. The number of rotatable bonds is 7. The highest BCUT2D eigenvalue weighted by molar-refractivity contribution is 5.72. The quantitative estimate of drug-likeness (QED) is 0.149. The molecule has 4 aromatic rings. The molecule has 0 N–H and O–H groups in total. The highest BCUT2D eigenvalue weighted by Crippen LogP contribution is 2.38. The van der Waals surface area contributed by atoms with Gasteiger partial charge in [-0.1, -0.05) is 43.5 Å². The number of aryl methyl sites for hydroxylation is 1. The molecule has 0 saturated heterocycles. The van der Waals surface area contributed by atoms with Crippen molar-refractivity contribution >= 4 is 0 Å². The van der Waals surface area contributed by atoms with Crippen LogP contribution in [0, 0.1) is 46.7 Å². The first-order valence-corrected chi connectivity index (χ1v) is 12.3. The van der Waals surface area contributed by atoms with Crippen molar-refractivity contribution in [1.82, 2.24) is 0 Å². The van der Waals surface area contributed by atoms with Gasteiger partial charge in [0.05, 0.1) is 5.56 Å². The molecule has 4 rings (SSSR count). The molecule has 0 radical (unpaired) electrons. The molecular weight excluding hydrogens is 597 g/mol. The fraction of sp³-hybridized carbons (Fsp3) is 0.161. The molecule has 0 spiro atoms. The molecular formula is C31H17F11O. The lowest BCUT2D eigenvalue weighted by Gasteiger charge is -2.20. The molecule has 4 aromatic carbocycles. The van der Waals surface area contributed by atoms with E-state index in [1.54, 1.807) is 6.07 Å². The van der Waals surface area contributed by atoms with E-state index in [4.69, 9.17) is 0 Å². The molecule has 0 fully saturated rings. The van der Waals surface area contributed by atoms with Gasteiger partial charge in [-0.3, -0.25) is 0 Å². The van der Waals surface area contributed by atoms with Crippen LogP contribution in [0.5, 0.6) is 5.75 Å². The summed E-state index contributed by atoms with van der Waals surface area (Å²) in [6, 6.07) is 8.50. The maximum Gasteiger partial charge on any atom is 0.458 e. The van der Waals surface area contributed by atoms with Gasteiger partial charge in [0.2, 0.25) is 0 Å². The van der Waals surface area contributed by atoms with E-state index in [0.717, 1.165) is 24.1 Å². The van der Waals surface area contributed by atoms with E-state index in [1.165, 1.54) is 24.1 Å². The van der Waals surface area contributed by atoms with Gasteiger partial charge < -0.3 is 4.74 Å². The van der Waals surface area contributed by atoms with Crippen LogP contribution >= 0.6 is 0 Å². The smallest absolute Gasteiger partial charge is 0.429 e. The van der Waals surface area contributed by atoms with E-state index in [0.29, 0.717) is 24.5 Å². The number of hydrogen-bond acceptors (Lipinski definition) is 1. The fourth-order valence-electron chi connectivity index (χ4n) is 4.22. The van der Waals surface area contributed by atoms with Crippen LogP contribution in [-0.4, -0.2) is 6.18 Å². The third-order valence-corrected chi connectivity index (χ3v) is 6.09. The average Bonchev–Trinajstić information content (AvgIpc) is 2.87. The molecule has 224 valence electrons. The van der Waals surface area contributed by atoms with Crippen molar-refractivity contribution in [3.8, 4) is 39.8 Å². The summed E-state index contributed by atoms with van der Waals surface area (Å²) in [4.78, 5) is 0. The Kier molecular flexibility index (Phi) is 8.76. The molecule has 0 bridgehead atoms. The topological polar surface area (TPSA) is 9.23 Å². The van der Waals surface area contributed by atoms with Gasteiger partial charge in [0.1, 0.15) is 46.2 Å². The van der Waals surface area contributed by atoms with Crippen molar-refractivity contribution in [3.05, 3.63) is 112 Å². The van der Waals surface area contributed by atoms with Gasteiger partial charge in [0, 0.05) is 29.2 Å². The Morgan fingerprint density at radius 1 is 0.628 bits per heavy atom. The number of ether oxygens (including phenoxy) is 1. The van der Waals surface area contributed by atoms with Crippen molar-refractivity contribution in [1.29, 1.82) is 0 Å².